The third kappa shape index (κ3) is 5.93. The van der Waals surface area contributed by atoms with E-state index in [-0.39, 0.29) is 29.3 Å². The fraction of sp³-hybridized carbons (Fsp3) is 0.400. The van der Waals surface area contributed by atoms with Crippen molar-refractivity contribution < 1.29 is 36.4 Å². The number of hydrogen-bond acceptors (Lipinski definition) is 6. The Morgan fingerprint density at radius 2 is 1.78 bits per heavy atom. The molecule has 1 aromatic carbocycles. The van der Waals surface area contributed by atoms with Crippen molar-refractivity contribution in [2.24, 2.45) is 5.92 Å². The molecular formula is C20H19F5N2O4S. The Balaban J connectivity index is 2.68. The predicted molar refractivity (Wildman–Crippen MR) is 107 cm³/mol. The molecule has 0 aliphatic rings. The second kappa shape index (κ2) is 10.2. The Morgan fingerprint density at radius 3 is 2.22 bits per heavy atom. The van der Waals surface area contributed by atoms with E-state index in [9.17, 15) is 36.9 Å². The average Bonchev–Trinajstić information content (AvgIpc) is 2.70. The lowest BCUT2D eigenvalue weighted by Crippen LogP contribution is -2.22. The van der Waals surface area contributed by atoms with Gasteiger partial charge >= 0.3 is 12.1 Å². The summed E-state index contributed by atoms with van der Waals surface area (Å²) in [4.78, 5) is 26.0. The molecule has 0 radical (unpaired) electrons. The van der Waals surface area contributed by atoms with Gasteiger partial charge in [-0.2, -0.15) is 13.2 Å². The zero-order chi connectivity index (χ0) is 24.2. The summed E-state index contributed by atoms with van der Waals surface area (Å²) in [5, 5.41) is 10.8. The normalized spacial score (nSPS) is 11.8. The highest BCUT2D eigenvalue weighted by Crippen LogP contribution is 2.40. The van der Waals surface area contributed by atoms with Crippen LogP contribution in [0.15, 0.2) is 29.2 Å². The molecule has 0 bridgehead atoms. The summed E-state index contributed by atoms with van der Waals surface area (Å²) in [6.07, 6.45) is -8.56. The maximum absolute atomic E-state index is 13.8. The van der Waals surface area contributed by atoms with Gasteiger partial charge < -0.3 is 4.74 Å². The molecule has 0 N–H and O–H groups in total. The number of thioether (sulfide) groups is 1. The molecule has 0 aliphatic carbocycles. The standard InChI is InChI=1S/C20H19F5N2O4S/c1-10(2)8-13-14(9-32-12-6-4-11(5-7-12)27(29)30)17(20(23,24)25)26-16(18(21)22)15(13)19(28)31-3/h4-7,10,18H,8-9H2,1-3H3. The van der Waals surface area contributed by atoms with E-state index in [2.05, 4.69) is 9.72 Å². The molecular weight excluding hydrogens is 459 g/mol. The van der Waals surface area contributed by atoms with Crippen LogP contribution in [0.1, 0.15) is 53.1 Å². The number of nitro groups is 1. The molecule has 0 saturated heterocycles. The SMILES string of the molecule is COC(=O)c1c(C(F)F)nc(C(F)(F)F)c(CSc2ccc([N+](=O)[O-])cc2)c1CC(C)C. The summed E-state index contributed by atoms with van der Waals surface area (Å²) in [5.41, 5.74) is -4.22. The molecule has 2 rings (SSSR count). The van der Waals surface area contributed by atoms with E-state index in [0.29, 0.717) is 4.90 Å². The number of aromatic nitrogens is 1. The minimum atomic E-state index is -5.05. The van der Waals surface area contributed by atoms with Gasteiger partial charge in [0.1, 0.15) is 11.4 Å². The van der Waals surface area contributed by atoms with E-state index >= 15 is 0 Å². The van der Waals surface area contributed by atoms with E-state index < -0.39 is 46.0 Å². The van der Waals surface area contributed by atoms with Crippen LogP contribution in [0.5, 0.6) is 0 Å². The van der Waals surface area contributed by atoms with Gasteiger partial charge in [-0.15, -0.1) is 11.8 Å². The molecule has 0 fully saturated rings. The second-order valence-corrected chi connectivity index (χ2v) is 8.15. The fourth-order valence-corrected chi connectivity index (χ4v) is 3.97. The lowest BCUT2D eigenvalue weighted by molar-refractivity contribution is -0.384. The Hall–Kier alpha value is -2.76. The summed E-state index contributed by atoms with van der Waals surface area (Å²) >= 11 is 0.906. The molecule has 6 nitrogen and oxygen atoms in total. The molecule has 0 unspecified atom stereocenters. The number of pyridine rings is 1. The average molecular weight is 478 g/mol. The summed E-state index contributed by atoms with van der Waals surface area (Å²) in [7, 11) is 0.944. The van der Waals surface area contributed by atoms with Gasteiger partial charge in [-0.1, -0.05) is 13.8 Å². The fourth-order valence-electron chi connectivity index (χ4n) is 3.02. The Kier molecular flexibility index (Phi) is 8.16. The number of carbonyl (C=O) groups excluding carboxylic acids is 1. The Labute approximate surface area is 184 Å². The molecule has 0 amide bonds. The molecule has 1 heterocycles. The lowest BCUT2D eigenvalue weighted by atomic mass is 9.91. The van der Waals surface area contributed by atoms with Crippen LogP contribution in [0.3, 0.4) is 0 Å². The van der Waals surface area contributed by atoms with Crippen LogP contribution in [0.25, 0.3) is 0 Å². The Morgan fingerprint density at radius 1 is 1.19 bits per heavy atom. The van der Waals surface area contributed by atoms with Crippen molar-refractivity contribution >= 4 is 23.4 Å². The highest BCUT2D eigenvalue weighted by atomic mass is 32.2. The number of hydrogen-bond donors (Lipinski definition) is 0. The minimum Gasteiger partial charge on any atom is -0.465 e. The number of benzene rings is 1. The van der Waals surface area contributed by atoms with Gasteiger partial charge in [0, 0.05) is 22.8 Å². The highest BCUT2D eigenvalue weighted by molar-refractivity contribution is 7.98. The van der Waals surface area contributed by atoms with Gasteiger partial charge in [-0.25, -0.2) is 18.6 Å². The van der Waals surface area contributed by atoms with Crippen molar-refractivity contribution in [1.82, 2.24) is 4.98 Å². The molecule has 174 valence electrons. The summed E-state index contributed by atoms with van der Waals surface area (Å²) in [6.45, 7) is 3.34. The van der Waals surface area contributed by atoms with Crippen LogP contribution in [-0.2, 0) is 23.1 Å². The molecule has 1 aromatic heterocycles. The number of halogens is 5. The molecule has 0 atom stereocenters. The van der Waals surface area contributed by atoms with Crippen LogP contribution in [-0.4, -0.2) is 23.0 Å². The zero-order valence-electron chi connectivity index (χ0n) is 17.2. The quantitative estimate of drug-likeness (QED) is 0.147. The molecule has 2 aromatic rings. The molecule has 0 spiro atoms. The van der Waals surface area contributed by atoms with Crippen LogP contribution >= 0.6 is 11.8 Å². The van der Waals surface area contributed by atoms with E-state index in [0.717, 1.165) is 18.9 Å². The van der Waals surface area contributed by atoms with Gasteiger partial charge in [0.05, 0.1) is 17.6 Å². The van der Waals surface area contributed by atoms with Crippen LogP contribution in [0, 0.1) is 16.0 Å². The van der Waals surface area contributed by atoms with E-state index in [1.54, 1.807) is 13.8 Å². The number of rotatable bonds is 8. The third-order valence-electron chi connectivity index (χ3n) is 4.35. The number of carbonyl (C=O) groups is 1. The maximum Gasteiger partial charge on any atom is 0.433 e. The zero-order valence-corrected chi connectivity index (χ0v) is 18.0. The number of non-ortho nitro benzene ring substituents is 1. The van der Waals surface area contributed by atoms with Gasteiger partial charge in [-0.3, -0.25) is 10.1 Å². The van der Waals surface area contributed by atoms with Crippen LogP contribution in [0.4, 0.5) is 27.6 Å². The summed E-state index contributed by atoms with van der Waals surface area (Å²) < 4.78 is 73.1. The van der Waals surface area contributed by atoms with Gasteiger partial charge in [0.2, 0.25) is 0 Å². The molecule has 12 heteroatoms. The predicted octanol–water partition coefficient (Wildman–Crippen LogP) is 6.22. The summed E-state index contributed by atoms with van der Waals surface area (Å²) in [5.74, 6) is -1.82. The number of nitro benzene ring substituents is 1. The largest absolute Gasteiger partial charge is 0.465 e. The first-order valence-electron chi connectivity index (χ1n) is 9.23. The van der Waals surface area contributed by atoms with Gasteiger partial charge in [-0.05, 0) is 35.6 Å². The van der Waals surface area contributed by atoms with Crippen molar-refractivity contribution in [3.8, 4) is 0 Å². The van der Waals surface area contributed by atoms with Crippen molar-refractivity contribution in [3.63, 3.8) is 0 Å². The first-order valence-corrected chi connectivity index (χ1v) is 10.2. The van der Waals surface area contributed by atoms with Crippen molar-refractivity contribution in [3.05, 3.63) is 62.5 Å². The van der Waals surface area contributed by atoms with Crippen molar-refractivity contribution in [1.29, 1.82) is 0 Å². The molecule has 0 aliphatic heterocycles. The van der Waals surface area contributed by atoms with E-state index in [1.165, 1.54) is 24.3 Å². The minimum absolute atomic E-state index is 0.0914. The monoisotopic (exact) mass is 478 g/mol. The first kappa shape index (κ1) is 25.5. The van der Waals surface area contributed by atoms with Crippen molar-refractivity contribution in [2.45, 2.75) is 43.5 Å². The summed E-state index contributed by atoms with van der Waals surface area (Å²) in [6, 6.07) is 5.11. The van der Waals surface area contributed by atoms with Gasteiger partial charge in [0.25, 0.3) is 12.1 Å². The number of alkyl halides is 5. The number of esters is 1. The second-order valence-electron chi connectivity index (χ2n) is 7.11. The topological polar surface area (TPSA) is 82.3 Å². The number of methoxy groups -OCH3 is 1. The van der Waals surface area contributed by atoms with Crippen LogP contribution in [0.2, 0.25) is 0 Å². The maximum atomic E-state index is 13.8. The van der Waals surface area contributed by atoms with Crippen molar-refractivity contribution in [2.75, 3.05) is 7.11 Å². The first-order chi connectivity index (χ1) is 14.9. The molecule has 0 saturated carbocycles. The number of ether oxygens (including phenoxy) is 1. The van der Waals surface area contributed by atoms with E-state index in [4.69, 9.17) is 0 Å². The van der Waals surface area contributed by atoms with Crippen LogP contribution < -0.4 is 0 Å². The van der Waals surface area contributed by atoms with E-state index in [1.807, 2.05) is 0 Å². The van der Waals surface area contributed by atoms with Gasteiger partial charge in [0.15, 0.2) is 0 Å². The highest BCUT2D eigenvalue weighted by Gasteiger charge is 2.40. The third-order valence-corrected chi connectivity index (χ3v) is 5.39. The smallest absolute Gasteiger partial charge is 0.433 e. The lowest BCUT2D eigenvalue weighted by Gasteiger charge is -2.22. The number of nitrogens with zero attached hydrogens (tertiary/aromatic N) is 2. The molecule has 32 heavy (non-hydrogen) atoms. The Bertz CT molecular complexity index is 995.